The Hall–Kier alpha value is -0.840. The Morgan fingerprint density at radius 1 is 0.727 bits per heavy atom. The standard InChI is InChI=1S/C14H23O.F6P/c1-10-8-11(13(2,3)4)15-12(9-10)14(5,6)7;1-7(2,3,4,5)6/h8-9H,1-7H3;/q+1;-1. The first-order valence-electron chi connectivity index (χ1n) is 6.58. The third-order valence-electron chi connectivity index (χ3n) is 2.42. The molecule has 1 aromatic heterocycles. The topological polar surface area (TPSA) is 11.3 Å². The van der Waals surface area contributed by atoms with Crippen molar-refractivity contribution >= 4 is 7.81 Å². The summed E-state index contributed by atoms with van der Waals surface area (Å²) in [4.78, 5) is 0. The maximum absolute atomic E-state index is 10.7. The van der Waals surface area contributed by atoms with Gasteiger partial charge in [-0.05, 0) is 54.0 Å². The predicted molar refractivity (Wildman–Crippen MR) is 78.8 cm³/mol. The third-order valence-corrected chi connectivity index (χ3v) is 2.42. The molecular weight excluding hydrogens is 329 g/mol. The molecule has 1 rings (SSSR count). The molecule has 0 aliphatic heterocycles. The summed E-state index contributed by atoms with van der Waals surface area (Å²) in [6.45, 7) is 15.2. The van der Waals surface area contributed by atoms with Gasteiger partial charge in [-0.2, -0.15) is 0 Å². The van der Waals surface area contributed by atoms with Gasteiger partial charge in [0.15, 0.2) is 0 Å². The first-order chi connectivity index (χ1) is 9.05. The summed E-state index contributed by atoms with van der Waals surface area (Å²) in [6.07, 6.45) is 0. The van der Waals surface area contributed by atoms with E-state index in [9.17, 15) is 25.2 Å². The number of hydrogen-bond acceptors (Lipinski definition) is 0. The van der Waals surface area contributed by atoms with E-state index in [0.717, 1.165) is 11.5 Å². The van der Waals surface area contributed by atoms with Gasteiger partial charge in [0.05, 0.1) is 10.8 Å². The van der Waals surface area contributed by atoms with Crippen molar-refractivity contribution in [3.8, 4) is 0 Å². The number of hydrogen-bond donors (Lipinski definition) is 0. The summed E-state index contributed by atoms with van der Waals surface area (Å²) >= 11 is 0. The van der Waals surface area contributed by atoms with Gasteiger partial charge in [-0.1, -0.05) is 0 Å². The third kappa shape index (κ3) is 11.8. The quantitative estimate of drug-likeness (QED) is 0.263. The normalized spacial score (nSPS) is 16.2. The Balaban J connectivity index is 0.000000534. The van der Waals surface area contributed by atoms with Gasteiger partial charge in [-0.25, -0.2) is 4.42 Å². The van der Waals surface area contributed by atoms with Gasteiger partial charge in [0.25, 0.3) is 0 Å². The zero-order chi connectivity index (χ0) is 18.3. The first kappa shape index (κ1) is 21.2. The average molecular weight is 352 g/mol. The molecule has 132 valence electrons. The summed E-state index contributed by atoms with van der Waals surface area (Å²) < 4.78 is 65.2. The van der Waals surface area contributed by atoms with Gasteiger partial charge in [-0.3, -0.25) is 0 Å². The van der Waals surface area contributed by atoms with Crippen molar-refractivity contribution in [2.45, 2.75) is 59.3 Å². The second-order valence-corrected chi connectivity index (χ2v) is 9.24. The first-order valence-corrected chi connectivity index (χ1v) is 8.61. The zero-order valence-electron chi connectivity index (χ0n) is 13.8. The second kappa shape index (κ2) is 5.08. The molecule has 0 aromatic carbocycles. The molecule has 0 saturated heterocycles. The van der Waals surface area contributed by atoms with E-state index in [1.807, 2.05) is 0 Å². The molecule has 0 radical (unpaired) electrons. The van der Waals surface area contributed by atoms with E-state index >= 15 is 0 Å². The molecule has 0 aliphatic carbocycles. The van der Waals surface area contributed by atoms with Crippen LogP contribution in [0.4, 0.5) is 25.2 Å². The van der Waals surface area contributed by atoms with Gasteiger partial charge in [0, 0.05) is 12.1 Å². The summed E-state index contributed by atoms with van der Waals surface area (Å²) in [6, 6.07) is 4.27. The Kier molecular flexibility index (Phi) is 4.89. The monoisotopic (exact) mass is 352 g/mol. The minimum absolute atomic E-state index is 0.0754. The molecule has 1 aromatic rings. The summed E-state index contributed by atoms with van der Waals surface area (Å²) in [5.74, 6) is 2.12. The molecule has 1 heterocycles. The molecule has 0 atom stereocenters. The molecule has 0 bridgehead atoms. The van der Waals surface area contributed by atoms with Gasteiger partial charge < -0.3 is 0 Å². The molecule has 0 unspecified atom stereocenters. The molecule has 8 heteroatoms. The van der Waals surface area contributed by atoms with Crippen LogP contribution in [-0.4, -0.2) is 0 Å². The van der Waals surface area contributed by atoms with Crippen molar-refractivity contribution in [3.05, 3.63) is 29.2 Å². The fourth-order valence-corrected chi connectivity index (χ4v) is 1.37. The molecule has 0 N–H and O–H groups in total. The number of halogens is 6. The van der Waals surface area contributed by atoms with Gasteiger partial charge in [0.1, 0.15) is 0 Å². The Morgan fingerprint density at radius 2 is 0.955 bits per heavy atom. The van der Waals surface area contributed by atoms with Crippen LogP contribution in [0.3, 0.4) is 0 Å². The van der Waals surface area contributed by atoms with Crippen molar-refractivity contribution in [2.24, 2.45) is 0 Å². The van der Waals surface area contributed by atoms with Gasteiger partial charge in [0.2, 0.25) is 0 Å². The second-order valence-electron chi connectivity index (χ2n) is 7.32. The minimum atomic E-state index is -10.7. The molecule has 0 amide bonds. The van der Waals surface area contributed by atoms with Crippen LogP contribution in [0.2, 0.25) is 0 Å². The molecule has 0 fully saturated rings. The molecule has 0 aliphatic rings. The van der Waals surface area contributed by atoms with Crippen molar-refractivity contribution < 1.29 is 29.6 Å². The molecular formula is C14H23F6OP. The maximum atomic E-state index is 9.87. The molecule has 0 spiro atoms. The van der Waals surface area contributed by atoms with E-state index in [4.69, 9.17) is 4.42 Å². The molecule has 22 heavy (non-hydrogen) atoms. The van der Waals surface area contributed by atoms with E-state index < -0.39 is 7.81 Å². The van der Waals surface area contributed by atoms with E-state index in [0.29, 0.717) is 0 Å². The van der Waals surface area contributed by atoms with E-state index in [-0.39, 0.29) is 10.8 Å². The van der Waals surface area contributed by atoms with Crippen LogP contribution in [0.15, 0.2) is 16.5 Å². The predicted octanol–water partition coefficient (Wildman–Crippen LogP) is 7.85. The van der Waals surface area contributed by atoms with Gasteiger partial charge >= 0.3 is 44.5 Å². The summed E-state index contributed by atoms with van der Waals surface area (Å²) in [5, 5.41) is 0. The SMILES string of the molecule is Cc1cc(C(C)(C)C)[o+]c(C(C)(C)C)c1.F[P-](F)(F)(F)(F)F. The van der Waals surface area contributed by atoms with Crippen LogP contribution in [0.25, 0.3) is 0 Å². The van der Waals surface area contributed by atoms with E-state index in [1.54, 1.807) is 0 Å². The van der Waals surface area contributed by atoms with Crippen LogP contribution in [0.5, 0.6) is 0 Å². The number of aryl methyl sites for hydroxylation is 1. The Labute approximate surface area is 127 Å². The Morgan fingerprint density at radius 3 is 1.14 bits per heavy atom. The van der Waals surface area contributed by atoms with Crippen molar-refractivity contribution in [3.63, 3.8) is 0 Å². The summed E-state index contributed by atoms with van der Waals surface area (Å²) in [5.41, 5.74) is 1.43. The molecule has 1 nitrogen and oxygen atoms in total. The van der Waals surface area contributed by atoms with Crippen molar-refractivity contribution in [2.75, 3.05) is 0 Å². The molecule has 0 saturated carbocycles. The summed E-state index contributed by atoms with van der Waals surface area (Å²) in [7, 11) is -10.7. The fraction of sp³-hybridized carbons (Fsp3) is 0.643. The average Bonchev–Trinajstić information content (AvgIpc) is 2.08. The van der Waals surface area contributed by atoms with Crippen LogP contribution in [0.1, 0.15) is 58.6 Å². The number of rotatable bonds is 0. The van der Waals surface area contributed by atoms with Crippen LogP contribution < -0.4 is 0 Å². The van der Waals surface area contributed by atoms with E-state index in [2.05, 4.69) is 60.6 Å². The van der Waals surface area contributed by atoms with Crippen LogP contribution in [0, 0.1) is 6.92 Å². The van der Waals surface area contributed by atoms with Gasteiger partial charge in [-0.15, -0.1) is 0 Å². The Bertz CT molecular complexity index is 491. The van der Waals surface area contributed by atoms with Crippen molar-refractivity contribution in [1.29, 1.82) is 0 Å². The van der Waals surface area contributed by atoms with Crippen LogP contribution in [-0.2, 0) is 10.8 Å². The zero-order valence-corrected chi connectivity index (χ0v) is 14.7. The van der Waals surface area contributed by atoms with Crippen LogP contribution >= 0.6 is 7.81 Å². The van der Waals surface area contributed by atoms with Crippen molar-refractivity contribution in [1.82, 2.24) is 0 Å². The fourth-order valence-electron chi connectivity index (χ4n) is 1.37. The van der Waals surface area contributed by atoms with E-state index in [1.165, 1.54) is 5.56 Å².